The minimum Gasteiger partial charge on any atom is -0.504 e. The average molecular weight is 359 g/mol. The molecule has 0 spiro atoms. The van der Waals surface area contributed by atoms with Gasteiger partial charge in [-0.25, -0.2) is 4.79 Å². The van der Waals surface area contributed by atoms with Gasteiger partial charge in [0.15, 0.2) is 17.2 Å². The van der Waals surface area contributed by atoms with E-state index in [2.05, 4.69) is 0 Å². The lowest BCUT2D eigenvalue weighted by Gasteiger charge is -2.28. The molecule has 2 aromatic rings. The summed E-state index contributed by atoms with van der Waals surface area (Å²) in [5.41, 5.74) is 0.731. The van der Waals surface area contributed by atoms with E-state index in [0.29, 0.717) is 0 Å². The third kappa shape index (κ3) is 4.24. The van der Waals surface area contributed by atoms with Crippen LogP contribution in [0.25, 0.3) is 0 Å². The van der Waals surface area contributed by atoms with Crippen molar-refractivity contribution in [1.29, 1.82) is 0 Å². The molecular formula is C19H21NO6. The Kier molecular flexibility index (Phi) is 6.06. The summed E-state index contributed by atoms with van der Waals surface area (Å²) in [7, 11) is 0. The van der Waals surface area contributed by atoms with Crippen molar-refractivity contribution in [2.24, 2.45) is 0 Å². The van der Waals surface area contributed by atoms with Crippen LogP contribution in [0.1, 0.15) is 29.8 Å². The molecule has 7 nitrogen and oxygen atoms in total. The van der Waals surface area contributed by atoms with E-state index in [1.165, 1.54) is 4.90 Å². The number of amides is 1. The number of rotatable bonds is 6. The standard InChI is InChI=1S/C19H21NO6/c1-3-26-19(25)12(2)20(11-13-7-5-4-6-8-13)18(24)14-9-15(21)17(23)16(22)10-14/h4-10,12,21-23H,3,11H2,1-2H3. The second-order valence-corrected chi connectivity index (χ2v) is 5.71. The van der Waals surface area contributed by atoms with Crippen molar-refractivity contribution in [2.75, 3.05) is 6.61 Å². The number of carbonyl (C=O) groups is 2. The molecule has 0 heterocycles. The number of esters is 1. The first kappa shape index (κ1) is 19.1. The van der Waals surface area contributed by atoms with E-state index in [9.17, 15) is 24.9 Å². The summed E-state index contributed by atoms with van der Waals surface area (Å²) in [6.45, 7) is 3.52. The molecule has 0 fully saturated rings. The number of phenols is 3. The Morgan fingerprint density at radius 2 is 1.65 bits per heavy atom. The van der Waals surface area contributed by atoms with Gasteiger partial charge < -0.3 is 25.0 Å². The number of phenolic OH excluding ortho intramolecular Hbond substituents is 3. The molecule has 1 unspecified atom stereocenters. The maximum absolute atomic E-state index is 12.9. The second-order valence-electron chi connectivity index (χ2n) is 5.71. The maximum Gasteiger partial charge on any atom is 0.328 e. The van der Waals surface area contributed by atoms with Gasteiger partial charge in [0, 0.05) is 12.1 Å². The lowest BCUT2D eigenvalue weighted by atomic mass is 10.1. The van der Waals surface area contributed by atoms with Gasteiger partial charge in [0.1, 0.15) is 6.04 Å². The zero-order chi connectivity index (χ0) is 19.3. The number of carbonyl (C=O) groups excluding carboxylic acids is 2. The van der Waals surface area contributed by atoms with Crippen molar-refractivity contribution >= 4 is 11.9 Å². The molecule has 138 valence electrons. The Morgan fingerprint density at radius 1 is 1.08 bits per heavy atom. The van der Waals surface area contributed by atoms with Gasteiger partial charge in [0.25, 0.3) is 5.91 Å². The SMILES string of the molecule is CCOC(=O)C(C)N(Cc1ccccc1)C(=O)c1cc(O)c(O)c(O)c1. The Morgan fingerprint density at radius 3 is 2.19 bits per heavy atom. The first-order valence-electron chi connectivity index (χ1n) is 8.11. The van der Waals surface area contributed by atoms with Crippen LogP contribution >= 0.6 is 0 Å². The molecule has 1 atom stereocenters. The van der Waals surface area contributed by atoms with Crippen LogP contribution in [0.2, 0.25) is 0 Å². The lowest BCUT2D eigenvalue weighted by molar-refractivity contribution is -0.148. The molecule has 2 rings (SSSR count). The number of hydrogen-bond donors (Lipinski definition) is 3. The highest BCUT2D eigenvalue weighted by atomic mass is 16.5. The van der Waals surface area contributed by atoms with Crippen molar-refractivity contribution < 1.29 is 29.6 Å². The Bertz CT molecular complexity index is 767. The van der Waals surface area contributed by atoms with Crippen molar-refractivity contribution in [3.05, 3.63) is 53.6 Å². The first-order valence-corrected chi connectivity index (χ1v) is 8.11. The molecule has 0 bridgehead atoms. The molecule has 0 radical (unpaired) electrons. The fraction of sp³-hybridized carbons (Fsp3) is 0.263. The highest BCUT2D eigenvalue weighted by molar-refractivity contribution is 5.97. The second kappa shape index (κ2) is 8.24. The Hall–Kier alpha value is -3.22. The summed E-state index contributed by atoms with van der Waals surface area (Å²) in [6.07, 6.45) is 0. The Labute approximate surface area is 151 Å². The zero-order valence-corrected chi connectivity index (χ0v) is 14.5. The minimum atomic E-state index is -0.888. The Balaban J connectivity index is 2.38. The zero-order valence-electron chi connectivity index (χ0n) is 14.5. The molecule has 0 aliphatic carbocycles. The van der Waals surface area contributed by atoms with E-state index in [1.54, 1.807) is 13.8 Å². The van der Waals surface area contributed by atoms with Crippen LogP contribution in [0.5, 0.6) is 17.2 Å². The predicted molar refractivity (Wildman–Crippen MR) is 93.8 cm³/mol. The highest BCUT2D eigenvalue weighted by Crippen LogP contribution is 2.36. The molecule has 0 aromatic heterocycles. The van der Waals surface area contributed by atoms with Gasteiger partial charge in [-0.1, -0.05) is 30.3 Å². The summed E-state index contributed by atoms with van der Waals surface area (Å²) >= 11 is 0. The van der Waals surface area contributed by atoms with Crippen LogP contribution in [0.15, 0.2) is 42.5 Å². The number of ether oxygens (including phenoxy) is 1. The van der Waals surface area contributed by atoms with E-state index in [0.717, 1.165) is 17.7 Å². The normalized spacial score (nSPS) is 11.6. The topological polar surface area (TPSA) is 107 Å². The van der Waals surface area contributed by atoms with Crippen LogP contribution in [-0.4, -0.2) is 44.7 Å². The van der Waals surface area contributed by atoms with Crippen molar-refractivity contribution in [2.45, 2.75) is 26.4 Å². The van der Waals surface area contributed by atoms with Crippen molar-refractivity contribution in [1.82, 2.24) is 4.90 Å². The molecule has 3 N–H and O–H groups in total. The van der Waals surface area contributed by atoms with Crippen molar-refractivity contribution in [3.63, 3.8) is 0 Å². The average Bonchev–Trinajstić information content (AvgIpc) is 2.63. The van der Waals surface area contributed by atoms with E-state index < -0.39 is 35.2 Å². The number of aromatic hydroxyl groups is 3. The van der Waals surface area contributed by atoms with Gasteiger partial charge in [-0.15, -0.1) is 0 Å². The largest absolute Gasteiger partial charge is 0.504 e. The van der Waals surface area contributed by atoms with Gasteiger partial charge in [0.2, 0.25) is 0 Å². The summed E-state index contributed by atoms with van der Waals surface area (Å²) < 4.78 is 5.00. The van der Waals surface area contributed by atoms with Crippen LogP contribution in [-0.2, 0) is 16.1 Å². The molecule has 0 aliphatic heterocycles. The molecule has 2 aromatic carbocycles. The summed E-state index contributed by atoms with van der Waals surface area (Å²) in [6, 6.07) is 10.3. The quantitative estimate of drug-likeness (QED) is 0.540. The fourth-order valence-electron chi connectivity index (χ4n) is 2.45. The number of nitrogens with zero attached hydrogens (tertiary/aromatic N) is 1. The molecule has 1 amide bonds. The first-order chi connectivity index (χ1) is 12.3. The molecule has 0 saturated carbocycles. The van der Waals surface area contributed by atoms with Crippen molar-refractivity contribution in [3.8, 4) is 17.2 Å². The van der Waals surface area contributed by atoms with Crippen LogP contribution in [0, 0.1) is 0 Å². The summed E-state index contributed by atoms with van der Waals surface area (Å²) in [5, 5.41) is 28.8. The fourth-order valence-corrected chi connectivity index (χ4v) is 2.45. The van der Waals surface area contributed by atoms with E-state index in [4.69, 9.17) is 4.74 Å². The van der Waals surface area contributed by atoms with E-state index in [-0.39, 0.29) is 18.7 Å². The van der Waals surface area contributed by atoms with Gasteiger partial charge >= 0.3 is 5.97 Å². The number of hydrogen-bond acceptors (Lipinski definition) is 6. The summed E-state index contributed by atoms with van der Waals surface area (Å²) in [4.78, 5) is 26.3. The smallest absolute Gasteiger partial charge is 0.328 e. The molecule has 26 heavy (non-hydrogen) atoms. The third-order valence-electron chi connectivity index (χ3n) is 3.87. The number of benzene rings is 2. The minimum absolute atomic E-state index is 0.0649. The molecule has 7 heteroatoms. The lowest BCUT2D eigenvalue weighted by Crippen LogP contribution is -2.43. The summed E-state index contributed by atoms with van der Waals surface area (Å²) in [5.74, 6) is -3.13. The maximum atomic E-state index is 12.9. The highest BCUT2D eigenvalue weighted by Gasteiger charge is 2.29. The van der Waals surface area contributed by atoms with E-state index >= 15 is 0 Å². The van der Waals surface area contributed by atoms with Gasteiger partial charge in [0.05, 0.1) is 6.61 Å². The van der Waals surface area contributed by atoms with Crippen LogP contribution in [0.4, 0.5) is 0 Å². The molecular weight excluding hydrogens is 338 g/mol. The van der Waals surface area contributed by atoms with Gasteiger partial charge in [-0.05, 0) is 31.5 Å². The van der Waals surface area contributed by atoms with Crippen LogP contribution in [0.3, 0.4) is 0 Å². The van der Waals surface area contributed by atoms with Gasteiger partial charge in [-0.3, -0.25) is 4.79 Å². The van der Waals surface area contributed by atoms with Crippen LogP contribution < -0.4 is 0 Å². The molecule has 0 aliphatic rings. The van der Waals surface area contributed by atoms with Gasteiger partial charge in [-0.2, -0.15) is 0 Å². The predicted octanol–water partition coefficient (Wildman–Crippen LogP) is 2.40. The van der Waals surface area contributed by atoms with E-state index in [1.807, 2.05) is 30.3 Å². The molecule has 0 saturated heterocycles. The third-order valence-corrected chi connectivity index (χ3v) is 3.87. The monoisotopic (exact) mass is 359 g/mol.